The number of hydrogen-bond donors (Lipinski definition) is 1. The van der Waals surface area contributed by atoms with E-state index in [9.17, 15) is 4.39 Å². The van der Waals surface area contributed by atoms with Gasteiger partial charge in [-0.15, -0.1) is 0 Å². The summed E-state index contributed by atoms with van der Waals surface area (Å²) < 4.78 is 18.5. The van der Waals surface area contributed by atoms with E-state index in [1.165, 1.54) is 12.1 Å². The Balaban J connectivity index is 2.13. The van der Waals surface area contributed by atoms with Crippen LogP contribution in [0.4, 0.5) is 10.1 Å². The average molecular weight is 273 g/mol. The van der Waals surface area contributed by atoms with Gasteiger partial charge in [-0.05, 0) is 43.2 Å². The average Bonchev–Trinajstić information content (AvgIpc) is 2.47. The predicted molar refractivity (Wildman–Crippen MR) is 80.7 cm³/mol. The van der Waals surface area contributed by atoms with Gasteiger partial charge in [-0.1, -0.05) is 25.1 Å². The molecule has 0 aliphatic rings. The van der Waals surface area contributed by atoms with E-state index >= 15 is 0 Å². The lowest BCUT2D eigenvalue weighted by atomic mass is 10.0. The molecule has 1 atom stereocenters. The molecular weight excluding hydrogens is 253 g/mol. The fourth-order valence-corrected chi connectivity index (χ4v) is 2.16. The van der Waals surface area contributed by atoms with Crippen molar-refractivity contribution in [3.8, 4) is 5.75 Å². The Kier molecular flexibility index (Phi) is 4.99. The highest BCUT2D eigenvalue weighted by Gasteiger charge is 2.09. The molecule has 0 heterocycles. The lowest BCUT2D eigenvalue weighted by Gasteiger charge is -2.19. The third-order valence-electron chi connectivity index (χ3n) is 3.17. The van der Waals surface area contributed by atoms with Gasteiger partial charge in [-0.2, -0.15) is 0 Å². The fourth-order valence-electron chi connectivity index (χ4n) is 2.16. The second-order valence-corrected chi connectivity index (χ2v) is 4.62. The highest BCUT2D eigenvalue weighted by Crippen LogP contribution is 2.25. The number of rotatable bonds is 6. The highest BCUT2D eigenvalue weighted by atomic mass is 19.1. The van der Waals surface area contributed by atoms with Crippen LogP contribution in [0.5, 0.6) is 5.75 Å². The Bertz CT molecular complexity index is 539. The van der Waals surface area contributed by atoms with Crippen molar-refractivity contribution in [1.29, 1.82) is 0 Å². The van der Waals surface area contributed by atoms with Crippen LogP contribution >= 0.6 is 0 Å². The Morgan fingerprint density at radius 1 is 1.10 bits per heavy atom. The Morgan fingerprint density at radius 2 is 1.85 bits per heavy atom. The van der Waals surface area contributed by atoms with Crippen LogP contribution < -0.4 is 10.1 Å². The number of nitrogens with one attached hydrogen (secondary N) is 1. The van der Waals surface area contributed by atoms with Crippen molar-refractivity contribution in [2.75, 3.05) is 11.9 Å². The third kappa shape index (κ3) is 3.73. The molecule has 2 aromatic rings. The molecule has 2 nitrogen and oxygen atoms in total. The first-order chi connectivity index (χ1) is 9.72. The molecule has 0 saturated carbocycles. The summed E-state index contributed by atoms with van der Waals surface area (Å²) in [6.07, 6.45) is 0.921. The summed E-state index contributed by atoms with van der Waals surface area (Å²) in [6.45, 7) is 4.72. The monoisotopic (exact) mass is 273 g/mol. The molecule has 3 heteroatoms. The first-order valence-corrected chi connectivity index (χ1v) is 6.97. The standard InChI is InChI=1S/C17H20FNO/c1-3-17(13-8-10-14(18)11-9-13)19-15-6-5-7-16(12-15)20-4-2/h5-12,17,19H,3-4H2,1-2H3. The largest absolute Gasteiger partial charge is 0.494 e. The van der Waals surface area contributed by atoms with Gasteiger partial charge in [0.25, 0.3) is 0 Å². The van der Waals surface area contributed by atoms with E-state index < -0.39 is 0 Å². The molecule has 0 saturated heterocycles. The predicted octanol–water partition coefficient (Wildman–Crippen LogP) is 4.79. The fraction of sp³-hybridized carbons (Fsp3) is 0.294. The summed E-state index contributed by atoms with van der Waals surface area (Å²) in [5, 5.41) is 3.46. The quantitative estimate of drug-likeness (QED) is 0.817. The molecule has 2 rings (SSSR count). The highest BCUT2D eigenvalue weighted by molar-refractivity contribution is 5.50. The van der Waals surface area contributed by atoms with Crippen molar-refractivity contribution in [1.82, 2.24) is 0 Å². The van der Waals surface area contributed by atoms with Crippen LogP contribution in [0, 0.1) is 5.82 Å². The van der Waals surface area contributed by atoms with Gasteiger partial charge in [-0.3, -0.25) is 0 Å². The van der Waals surface area contributed by atoms with E-state index in [1.807, 2.05) is 43.3 Å². The van der Waals surface area contributed by atoms with Gasteiger partial charge in [-0.25, -0.2) is 4.39 Å². The summed E-state index contributed by atoms with van der Waals surface area (Å²) in [4.78, 5) is 0. The lowest BCUT2D eigenvalue weighted by Crippen LogP contribution is -2.09. The van der Waals surface area contributed by atoms with Crippen LogP contribution in [0.3, 0.4) is 0 Å². The molecule has 1 N–H and O–H groups in total. The molecule has 0 spiro atoms. The van der Waals surface area contributed by atoms with Gasteiger partial charge in [0.2, 0.25) is 0 Å². The normalized spacial score (nSPS) is 11.9. The molecule has 0 aliphatic heterocycles. The van der Waals surface area contributed by atoms with Crippen molar-refractivity contribution in [3.63, 3.8) is 0 Å². The molecule has 106 valence electrons. The number of halogens is 1. The third-order valence-corrected chi connectivity index (χ3v) is 3.17. The Labute approximate surface area is 119 Å². The van der Waals surface area contributed by atoms with Gasteiger partial charge in [0.1, 0.15) is 11.6 Å². The first kappa shape index (κ1) is 14.4. The maximum Gasteiger partial charge on any atom is 0.123 e. The summed E-state index contributed by atoms with van der Waals surface area (Å²) in [5.41, 5.74) is 2.09. The zero-order valence-electron chi connectivity index (χ0n) is 11.9. The van der Waals surface area contributed by atoms with E-state index in [0.717, 1.165) is 23.4 Å². The van der Waals surface area contributed by atoms with Crippen molar-refractivity contribution in [2.45, 2.75) is 26.3 Å². The molecule has 0 fully saturated rings. The van der Waals surface area contributed by atoms with Crippen LogP contribution in [0.15, 0.2) is 48.5 Å². The summed E-state index contributed by atoms with van der Waals surface area (Å²) in [7, 11) is 0. The van der Waals surface area contributed by atoms with Crippen LogP contribution in [0.25, 0.3) is 0 Å². The van der Waals surface area contributed by atoms with Crippen molar-refractivity contribution >= 4 is 5.69 Å². The number of ether oxygens (including phenoxy) is 1. The molecule has 0 aliphatic carbocycles. The van der Waals surface area contributed by atoms with E-state index in [-0.39, 0.29) is 11.9 Å². The topological polar surface area (TPSA) is 21.3 Å². The number of benzene rings is 2. The van der Waals surface area contributed by atoms with Gasteiger partial charge in [0.15, 0.2) is 0 Å². The molecule has 1 unspecified atom stereocenters. The summed E-state index contributed by atoms with van der Waals surface area (Å²) >= 11 is 0. The van der Waals surface area contributed by atoms with Crippen molar-refractivity contribution < 1.29 is 9.13 Å². The molecule has 0 aromatic heterocycles. The molecule has 20 heavy (non-hydrogen) atoms. The van der Waals surface area contributed by atoms with Gasteiger partial charge >= 0.3 is 0 Å². The minimum Gasteiger partial charge on any atom is -0.494 e. The SMILES string of the molecule is CCOc1cccc(NC(CC)c2ccc(F)cc2)c1. The minimum atomic E-state index is -0.207. The Morgan fingerprint density at radius 3 is 2.50 bits per heavy atom. The lowest BCUT2D eigenvalue weighted by molar-refractivity contribution is 0.340. The molecule has 0 radical (unpaired) electrons. The van der Waals surface area contributed by atoms with Crippen molar-refractivity contribution in [2.24, 2.45) is 0 Å². The Hall–Kier alpha value is -2.03. The number of anilines is 1. The van der Waals surface area contributed by atoms with Crippen LogP contribution in [0.2, 0.25) is 0 Å². The smallest absolute Gasteiger partial charge is 0.123 e. The van der Waals surface area contributed by atoms with E-state index in [0.29, 0.717) is 6.61 Å². The van der Waals surface area contributed by atoms with Crippen LogP contribution in [0.1, 0.15) is 31.9 Å². The van der Waals surface area contributed by atoms with Gasteiger partial charge < -0.3 is 10.1 Å². The molecule has 0 amide bonds. The number of hydrogen-bond acceptors (Lipinski definition) is 2. The maximum absolute atomic E-state index is 13.0. The van der Waals surface area contributed by atoms with Crippen LogP contribution in [-0.4, -0.2) is 6.61 Å². The van der Waals surface area contributed by atoms with Gasteiger partial charge in [0, 0.05) is 11.8 Å². The zero-order valence-corrected chi connectivity index (χ0v) is 11.9. The minimum absolute atomic E-state index is 0.160. The maximum atomic E-state index is 13.0. The summed E-state index contributed by atoms with van der Waals surface area (Å²) in [6, 6.07) is 14.7. The summed E-state index contributed by atoms with van der Waals surface area (Å²) in [5.74, 6) is 0.647. The molecule has 2 aromatic carbocycles. The second kappa shape index (κ2) is 6.94. The van der Waals surface area contributed by atoms with Crippen molar-refractivity contribution in [3.05, 3.63) is 59.9 Å². The zero-order chi connectivity index (χ0) is 14.4. The van der Waals surface area contributed by atoms with Crippen LogP contribution in [-0.2, 0) is 0 Å². The second-order valence-electron chi connectivity index (χ2n) is 4.62. The van der Waals surface area contributed by atoms with Gasteiger partial charge in [0.05, 0.1) is 12.6 Å². The van der Waals surface area contributed by atoms with E-state index in [4.69, 9.17) is 4.74 Å². The van der Waals surface area contributed by atoms with E-state index in [1.54, 1.807) is 0 Å². The molecule has 0 bridgehead atoms. The molecular formula is C17H20FNO. The first-order valence-electron chi connectivity index (χ1n) is 6.97. The van der Waals surface area contributed by atoms with E-state index in [2.05, 4.69) is 12.2 Å².